The molecule has 10 heteroatoms. The summed E-state index contributed by atoms with van der Waals surface area (Å²) in [6.07, 6.45) is 0. The fourth-order valence-corrected chi connectivity index (χ4v) is 4.69. The molecule has 0 heterocycles. The maximum absolute atomic E-state index is 13.6. The number of benzene rings is 4. The van der Waals surface area contributed by atoms with Gasteiger partial charge in [0.2, 0.25) is 0 Å². The lowest BCUT2D eigenvalue weighted by Gasteiger charge is -2.23. The summed E-state index contributed by atoms with van der Waals surface area (Å²) in [6.45, 7) is 0. The maximum atomic E-state index is 13.6. The number of rotatable bonds is 4. The topological polar surface area (TPSA) is 92.3 Å². The van der Waals surface area contributed by atoms with Crippen LogP contribution in [0.4, 0.5) is 11.4 Å². The van der Waals surface area contributed by atoms with Crippen LogP contribution in [0, 0.1) is 0 Å². The number of hydrogen-bond donors (Lipinski definition) is 2. The number of nitrogens with one attached hydrogen (secondary N) is 2. The number of amides is 2. The first kappa shape index (κ1) is 25.9. The third-order valence-electron chi connectivity index (χ3n) is 5.94. The zero-order valence-corrected chi connectivity index (χ0v) is 22.1. The van der Waals surface area contributed by atoms with E-state index in [1.54, 1.807) is 12.1 Å². The first-order valence-corrected chi connectivity index (χ1v) is 12.5. The molecule has 0 spiro atoms. The molecule has 4 aromatic carbocycles. The number of fused-ring (bicyclic) bond motifs is 2. The largest absolute Gasteiger partial charge is 0.321 e. The predicted octanol–water partition coefficient (Wildman–Crippen LogP) is 7.58. The van der Waals surface area contributed by atoms with E-state index in [1.807, 2.05) is 0 Å². The van der Waals surface area contributed by atoms with Crippen LogP contribution >= 0.6 is 46.4 Å². The first-order valence-electron chi connectivity index (χ1n) is 11.0. The van der Waals surface area contributed by atoms with Crippen molar-refractivity contribution in [2.75, 3.05) is 10.6 Å². The molecule has 5 rings (SSSR count). The summed E-state index contributed by atoms with van der Waals surface area (Å²) in [4.78, 5) is 53.2. The molecular weight excluding hydrogens is 570 g/mol. The Morgan fingerprint density at radius 1 is 0.526 bits per heavy atom. The van der Waals surface area contributed by atoms with Gasteiger partial charge in [-0.1, -0.05) is 70.7 Å². The standard InChI is InChI=1S/C28H14Cl4N2O4/c29-17-7-5-13(11-19(17)31)27(37)33-21-9-10-22(34-28(38)14-6-8-18(30)20(32)12-14)24-23(21)25(35)15-3-1-2-4-16(15)26(24)36/h1-12H,(H,33,37)(H,34,38). The van der Waals surface area contributed by atoms with E-state index < -0.39 is 23.4 Å². The molecule has 0 atom stereocenters. The third kappa shape index (κ3) is 4.68. The van der Waals surface area contributed by atoms with E-state index in [-0.39, 0.29) is 64.8 Å². The van der Waals surface area contributed by atoms with E-state index in [0.29, 0.717) is 0 Å². The van der Waals surface area contributed by atoms with Crippen molar-refractivity contribution in [1.29, 1.82) is 0 Å². The lowest BCUT2D eigenvalue weighted by atomic mass is 9.82. The van der Waals surface area contributed by atoms with E-state index in [0.717, 1.165) is 0 Å². The molecule has 4 aromatic rings. The third-order valence-corrected chi connectivity index (χ3v) is 7.41. The smallest absolute Gasteiger partial charge is 0.255 e. The molecular formula is C28H14Cl4N2O4. The van der Waals surface area contributed by atoms with Gasteiger partial charge in [0.05, 0.1) is 42.6 Å². The molecule has 0 aliphatic heterocycles. The van der Waals surface area contributed by atoms with Crippen molar-refractivity contribution in [1.82, 2.24) is 0 Å². The minimum Gasteiger partial charge on any atom is -0.321 e. The summed E-state index contributed by atoms with van der Waals surface area (Å²) < 4.78 is 0. The quantitative estimate of drug-likeness (QED) is 0.228. The molecule has 188 valence electrons. The lowest BCUT2D eigenvalue weighted by Crippen LogP contribution is -2.26. The van der Waals surface area contributed by atoms with Crippen molar-refractivity contribution in [2.45, 2.75) is 0 Å². The van der Waals surface area contributed by atoms with Crippen LogP contribution in [0.1, 0.15) is 52.6 Å². The molecule has 1 aliphatic carbocycles. The minimum atomic E-state index is -0.572. The van der Waals surface area contributed by atoms with Crippen LogP contribution in [0.2, 0.25) is 20.1 Å². The van der Waals surface area contributed by atoms with Crippen LogP contribution < -0.4 is 10.6 Å². The molecule has 1 aliphatic rings. The Balaban J connectivity index is 1.59. The molecule has 0 fully saturated rings. The second-order valence-electron chi connectivity index (χ2n) is 8.28. The summed E-state index contributed by atoms with van der Waals surface area (Å²) >= 11 is 24.0. The van der Waals surface area contributed by atoms with Gasteiger partial charge in [0, 0.05) is 22.3 Å². The number of ketones is 2. The zero-order valence-electron chi connectivity index (χ0n) is 19.1. The van der Waals surface area contributed by atoms with Gasteiger partial charge < -0.3 is 10.6 Å². The number of carbonyl (C=O) groups is 4. The van der Waals surface area contributed by atoms with Gasteiger partial charge in [-0.2, -0.15) is 0 Å². The number of hydrogen-bond acceptors (Lipinski definition) is 4. The van der Waals surface area contributed by atoms with Crippen LogP contribution in [0.3, 0.4) is 0 Å². The van der Waals surface area contributed by atoms with Crippen LogP contribution in [-0.2, 0) is 0 Å². The van der Waals surface area contributed by atoms with Gasteiger partial charge in [-0.15, -0.1) is 0 Å². The highest BCUT2D eigenvalue weighted by Gasteiger charge is 2.34. The molecule has 38 heavy (non-hydrogen) atoms. The van der Waals surface area contributed by atoms with Crippen LogP contribution in [0.5, 0.6) is 0 Å². The van der Waals surface area contributed by atoms with Gasteiger partial charge in [-0.05, 0) is 48.5 Å². The van der Waals surface area contributed by atoms with Crippen LogP contribution in [-0.4, -0.2) is 23.4 Å². The number of anilines is 2. The average Bonchev–Trinajstić information content (AvgIpc) is 2.91. The van der Waals surface area contributed by atoms with E-state index in [2.05, 4.69) is 10.6 Å². The SMILES string of the molecule is O=C(Nc1ccc(NC(=O)c2ccc(Cl)c(Cl)c2)c2c1C(=O)c1ccccc1C2=O)c1ccc(Cl)c(Cl)c1. The Bertz CT molecular complexity index is 1580. The fourth-order valence-electron chi connectivity index (χ4n) is 4.09. The van der Waals surface area contributed by atoms with Crippen molar-refractivity contribution in [2.24, 2.45) is 0 Å². The van der Waals surface area contributed by atoms with Crippen LogP contribution in [0.15, 0.2) is 72.8 Å². The molecule has 0 unspecified atom stereocenters. The number of carbonyl (C=O) groups excluding carboxylic acids is 4. The molecule has 2 N–H and O–H groups in total. The molecule has 0 saturated heterocycles. The van der Waals surface area contributed by atoms with Crippen LogP contribution in [0.25, 0.3) is 0 Å². The van der Waals surface area contributed by atoms with Crippen molar-refractivity contribution < 1.29 is 19.2 Å². The Morgan fingerprint density at radius 2 is 0.921 bits per heavy atom. The Kier molecular flexibility index (Phi) is 6.99. The second-order valence-corrected chi connectivity index (χ2v) is 9.91. The predicted molar refractivity (Wildman–Crippen MR) is 149 cm³/mol. The van der Waals surface area contributed by atoms with E-state index >= 15 is 0 Å². The Morgan fingerprint density at radius 3 is 1.29 bits per heavy atom. The highest BCUT2D eigenvalue weighted by atomic mass is 35.5. The molecule has 6 nitrogen and oxygen atoms in total. The molecule has 0 saturated carbocycles. The fraction of sp³-hybridized carbons (Fsp3) is 0. The zero-order chi connectivity index (χ0) is 27.1. The highest BCUT2D eigenvalue weighted by Crippen LogP contribution is 2.37. The second kappa shape index (κ2) is 10.2. The van der Waals surface area contributed by atoms with Crippen molar-refractivity contribution in [3.63, 3.8) is 0 Å². The minimum absolute atomic E-state index is 0.0472. The molecule has 0 radical (unpaired) electrons. The highest BCUT2D eigenvalue weighted by molar-refractivity contribution is 6.43. The van der Waals surface area contributed by atoms with Gasteiger partial charge in [0.25, 0.3) is 11.8 Å². The molecule has 0 bridgehead atoms. The lowest BCUT2D eigenvalue weighted by molar-refractivity contribution is 0.0977. The summed E-state index contributed by atoms with van der Waals surface area (Å²) in [5.74, 6) is -2.11. The van der Waals surface area contributed by atoms with Gasteiger partial charge in [-0.25, -0.2) is 0 Å². The monoisotopic (exact) mass is 582 g/mol. The molecule has 2 amide bonds. The summed E-state index contributed by atoms with van der Waals surface area (Å²) in [6, 6.07) is 17.9. The Hall–Kier alpha value is -3.68. The van der Waals surface area contributed by atoms with E-state index in [9.17, 15) is 19.2 Å². The summed E-state index contributed by atoms with van der Waals surface area (Å²) in [5.41, 5.74) is 0.849. The van der Waals surface area contributed by atoms with Crippen molar-refractivity contribution >= 4 is 81.2 Å². The summed E-state index contributed by atoms with van der Waals surface area (Å²) in [7, 11) is 0. The van der Waals surface area contributed by atoms with Crippen molar-refractivity contribution in [3.8, 4) is 0 Å². The number of halogens is 4. The van der Waals surface area contributed by atoms with E-state index in [4.69, 9.17) is 46.4 Å². The first-order chi connectivity index (χ1) is 18.2. The van der Waals surface area contributed by atoms with Gasteiger partial charge in [0.1, 0.15) is 0 Å². The average molecular weight is 584 g/mol. The molecule has 0 aromatic heterocycles. The van der Waals surface area contributed by atoms with Crippen molar-refractivity contribution in [3.05, 3.63) is 126 Å². The normalized spacial score (nSPS) is 12.0. The van der Waals surface area contributed by atoms with Gasteiger partial charge >= 0.3 is 0 Å². The summed E-state index contributed by atoms with van der Waals surface area (Å²) in [5, 5.41) is 6.28. The Labute approximate surface area is 236 Å². The maximum Gasteiger partial charge on any atom is 0.255 e. The van der Waals surface area contributed by atoms with Gasteiger partial charge in [0.15, 0.2) is 11.6 Å². The van der Waals surface area contributed by atoms with E-state index in [1.165, 1.54) is 60.7 Å². The van der Waals surface area contributed by atoms with Gasteiger partial charge in [-0.3, -0.25) is 19.2 Å².